The molecule has 0 spiro atoms. The van der Waals surface area contributed by atoms with Crippen molar-refractivity contribution in [2.24, 2.45) is 0 Å². The van der Waals surface area contributed by atoms with Crippen molar-refractivity contribution < 1.29 is 0 Å². The molecule has 0 bridgehead atoms. The Balaban J connectivity index is 2.61. The summed E-state index contributed by atoms with van der Waals surface area (Å²) in [5, 5.41) is 7.21. The molecule has 0 saturated heterocycles. The summed E-state index contributed by atoms with van der Waals surface area (Å²) < 4.78 is 2.70. The van der Waals surface area contributed by atoms with E-state index in [1.54, 1.807) is 11.3 Å². The van der Waals surface area contributed by atoms with Crippen LogP contribution >= 0.6 is 23.6 Å². The van der Waals surface area contributed by atoms with Crippen LogP contribution in [-0.4, -0.2) is 19.7 Å². The normalized spacial score (nSPS) is 11.6. The second-order valence-corrected chi connectivity index (χ2v) is 5.78. The van der Waals surface area contributed by atoms with Crippen LogP contribution in [0.1, 0.15) is 45.3 Å². The van der Waals surface area contributed by atoms with E-state index < -0.39 is 0 Å². The van der Waals surface area contributed by atoms with Gasteiger partial charge in [0.2, 0.25) is 0 Å². The highest BCUT2D eigenvalue weighted by molar-refractivity contribution is 7.71. The van der Waals surface area contributed by atoms with Gasteiger partial charge in [-0.2, -0.15) is 5.10 Å². The number of thiazole rings is 1. The van der Waals surface area contributed by atoms with Crippen LogP contribution in [0.5, 0.6) is 0 Å². The van der Waals surface area contributed by atoms with Gasteiger partial charge in [0.05, 0.1) is 16.1 Å². The minimum Gasteiger partial charge on any atom is -0.297 e. The first kappa shape index (κ1) is 12.4. The first-order chi connectivity index (χ1) is 8.02. The van der Waals surface area contributed by atoms with E-state index in [1.165, 1.54) is 0 Å². The molecule has 0 saturated carbocycles. The summed E-state index contributed by atoms with van der Waals surface area (Å²) in [7, 11) is 0. The monoisotopic (exact) mass is 268 g/mol. The van der Waals surface area contributed by atoms with Crippen molar-refractivity contribution in [3.05, 3.63) is 16.0 Å². The van der Waals surface area contributed by atoms with Gasteiger partial charge in [-0.3, -0.25) is 9.67 Å². The Morgan fingerprint density at radius 1 is 1.35 bits per heavy atom. The maximum Gasteiger partial charge on any atom is 0.195 e. The van der Waals surface area contributed by atoms with E-state index in [-0.39, 0.29) is 0 Å². The van der Waals surface area contributed by atoms with E-state index in [0.29, 0.717) is 16.7 Å². The summed E-state index contributed by atoms with van der Waals surface area (Å²) in [6, 6.07) is 0.290. The number of hydrogen-bond acceptors (Lipinski definition) is 4. The van der Waals surface area contributed by atoms with Crippen molar-refractivity contribution in [2.45, 2.75) is 39.7 Å². The minimum atomic E-state index is 0.290. The number of nitrogens with one attached hydrogen (secondary N) is 1. The average Bonchev–Trinajstić information content (AvgIpc) is 2.82. The Labute approximate surface area is 110 Å². The van der Waals surface area contributed by atoms with Crippen molar-refractivity contribution in [1.82, 2.24) is 19.7 Å². The maximum atomic E-state index is 5.26. The van der Waals surface area contributed by atoms with Gasteiger partial charge >= 0.3 is 0 Å². The molecule has 0 radical (unpaired) electrons. The van der Waals surface area contributed by atoms with Crippen LogP contribution in [0.2, 0.25) is 0 Å². The second kappa shape index (κ2) is 4.70. The molecule has 17 heavy (non-hydrogen) atoms. The van der Waals surface area contributed by atoms with Crippen LogP contribution in [0, 0.1) is 4.77 Å². The van der Waals surface area contributed by atoms with Crippen molar-refractivity contribution in [3.63, 3.8) is 0 Å². The van der Waals surface area contributed by atoms with E-state index in [1.807, 2.05) is 10.1 Å². The Morgan fingerprint density at radius 3 is 2.65 bits per heavy atom. The third kappa shape index (κ3) is 2.19. The number of rotatable bonds is 3. The van der Waals surface area contributed by atoms with Gasteiger partial charge in [-0.25, -0.2) is 4.98 Å². The Kier molecular flexibility index (Phi) is 3.44. The highest BCUT2D eigenvalue weighted by Gasteiger charge is 2.18. The van der Waals surface area contributed by atoms with E-state index in [4.69, 9.17) is 12.2 Å². The SMILES string of the molecule is CC(C)c1ncsc1-c1n[nH]c(=S)n1C(C)C. The van der Waals surface area contributed by atoms with E-state index >= 15 is 0 Å². The summed E-state index contributed by atoms with van der Waals surface area (Å²) in [4.78, 5) is 5.53. The lowest BCUT2D eigenvalue weighted by Gasteiger charge is -2.10. The summed E-state index contributed by atoms with van der Waals surface area (Å²) in [5.74, 6) is 1.29. The van der Waals surface area contributed by atoms with E-state index in [0.717, 1.165) is 16.4 Å². The zero-order valence-electron chi connectivity index (χ0n) is 10.4. The van der Waals surface area contributed by atoms with Crippen molar-refractivity contribution in [2.75, 3.05) is 0 Å². The predicted octanol–water partition coefficient (Wildman–Crippen LogP) is 3.77. The standard InChI is InChI=1S/C11H16N4S2/c1-6(2)8-9(17-5-12-8)10-13-14-11(16)15(10)7(3)4/h5-7H,1-4H3,(H,14,16). The first-order valence-corrected chi connectivity index (χ1v) is 6.91. The van der Waals surface area contributed by atoms with Crippen molar-refractivity contribution in [1.29, 1.82) is 0 Å². The molecule has 2 aromatic rings. The number of aromatic nitrogens is 4. The van der Waals surface area contributed by atoms with Crippen molar-refractivity contribution >= 4 is 23.6 Å². The lowest BCUT2D eigenvalue weighted by atomic mass is 10.1. The molecule has 1 N–H and O–H groups in total. The fraction of sp³-hybridized carbons (Fsp3) is 0.545. The van der Waals surface area contributed by atoms with E-state index in [2.05, 4.69) is 42.9 Å². The Bertz CT molecular complexity index is 562. The molecule has 92 valence electrons. The lowest BCUT2D eigenvalue weighted by molar-refractivity contribution is 0.597. The van der Waals surface area contributed by atoms with E-state index in [9.17, 15) is 0 Å². The summed E-state index contributed by atoms with van der Waals surface area (Å²) in [6.07, 6.45) is 0. The topological polar surface area (TPSA) is 46.5 Å². The fourth-order valence-electron chi connectivity index (χ4n) is 1.78. The van der Waals surface area contributed by atoms with Gasteiger partial charge in [0.25, 0.3) is 0 Å². The molecule has 0 aliphatic carbocycles. The summed E-state index contributed by atoms with van der Waals surface area (Å²) in [6.45, 7) is 8.48. The molecule has 2 rings (SSSR count). The molecule has 4 nitrogen and oxygen atoms in total. The van der Waals surface area contributed by atoms with Gasteiger partial charge in [-0.15, -0.1) is 11.3 Å². The Hall–Kier alpha value is -1.01. The van der Waals surface area contributed by atoms with Crippen molar-refractivity contribution in [3.8, 4) is 10.7 Å². The van der Waals surface area contributed by atoms with Crippen LogP contribution < -0.4 is 0 Å². The smallest absolute Gasteiger partial charge is 0.195 e. The highest BCUT2D eigenvalue weighted by Crippen LogP contribution is 2.32. The molecule has 2 aromatic heterocycles. The predicted molar refractivity (Wildman–Crippen MR) is 73.0 cm³/mol. The van der Waals surface area contributed by atoms with Crippen LogP contribution in [0.3, 0.4) is 0 Å². The third-order valence-electron chi connectivity index (χ3n) is 2.57. The zero-order chi connectivity index (χ0) is 12.6. The van der Waals surface area contributed by atoms with Gasteiger partial charge in [0.1, 0.15) is 0 Å². The number of aromatic amines is 1. The molecule has 0 aliphatic rings. The number of nitrogens with zero attached hydrogens (tertiary/aromatic N) is 3. The largest absolute Gasteiger partial charge is 0.297 e. The number of hydrogen-bond donors (Lipinski definition) is 1. The van der Waals surface area contributed by atoms with Crippen LogP contribution in [0.4, 0.5) is 0 Å². The molecular formula is C11H16N4S2. The van der Waals surface area contributed by atoms with Gasteiger partial charge < -0.3 is 0 Å². The van der Waals surface area contributed by atoms with Gasteiger partial charge in [0.15, 0.2) is 10.6 Å². The minimum absolute atomic E-state index is 0.290. The van der Waals surface area contributed by atoms with Gasteiger partial charge in [-0.05, 0) is 32.0 Å². The maximum absolute atomic E-state index is 5.26. The molecule has 0 aromatic carbocycles. The van der Waals surface area contributed by atoms with Crippen LogP contribution in [0.15, 0.2) is 5.51 Å². The molecule has 0 aliphatic heterocycles. The average molecular weight is 268 g/mol. The first-order valence-electron chi connectivity index (χ1n) is 5.63. The van der Waals surface area contributed by atoms with Crippen LogP contribution in [-0.2, 0) is 0 Å². The molecular weight excluding hydrogens is 252 g/mol. The molecule has 0 unspecified atom stereocenters. The second-order valence-electron chi connectivity index (χ2n) is 4.54. The summed E-state index contributed by atoms with van der Waals surface area (Å²) >= 11 is 6.88. The highest BCUT2D eigenvalue weighted by atomic mass is 32.1. The third-order valence-corrected chi connectivity index (χ3v) is 3.69. The number of H-pyrrole nitrogens is 1. The molecule has 0 fully saturated rings. The zero-order valence-corrected chi connectivity index (χ0v) is 12.0. The molecule has 6 heteroatoms. The quantitative estimate of drug-likeness (QED) is 0.862. The lowest BCUT2D eigenvalue weighted by Crippen LogP contribution is -2.04. The van der Waals surface area contributed by atoms with Gasteiger partial charge in [0, 0.05) is 6.04 Å². The molecule has 0 atom stereocenters. The molecule has 0 amide bonds. The fourth-order valence-corrected chi connectivity index (χ4v) is 3.05. The van der Waals surface area contributed by atoms with Crippen LogP contribution in [0.25, 0.3) is 10.7 Å². The molecule has 2 heterocycles. The van der Waals surface area contributed by atoms with Gasteiger partial charge in [-0.1, -0.05) is 13.8 Å². The Morgan fingerprint density at radius 2 is 2.06 bits per heavy atom. The summed E-state index contributed by atoms with van der Waals surface area (Å²) in [5.41, 5.74) is 2.96.